The predicted octanol–water partition coefficient (Wildman–Crippen LogP) is 4.96. The lowest BCUT2D eigenvalue weighted by Gasteiger charge is -2.70. The minimum atomic E-state index is -1.34. The minimum Gasteiger partial charge on any atom is -0.393 e. The molecule has 4 aliphatic carbocycles. The Kier molecular flexibility index (Phi) is 8.65. The normalized spacial score (nSPS) is 51.5. The number of fused-ring (bicyclic) bond motifs is 5. The molecule has 7 heteroatoms. The molecular weight excluding hydrogens is 532 g/mol. The molecule has 0 aromatic rings. The first-order valence-electron chi connectivity index (χ1n) is 16.8. The van der Waals surface area contributed by atoms with Crippen molar-refractivity contribution in [3.05, 3.63) is 11.6 Å². The second-order valence-corrected chi connectivity index (χ2v) is 16.8. The largest absolute Gasteiger partial charge is 0.393 e. The topological polar surface area (TPSA) is 120 Å². The number of rotatable bonds is 6. The highest BCUT2D eigenvalue weighted by atomic mass is 16.7. The van der Waals surface area contributed by atoms with Gasteiger partial charge in [0.1, 0.15) is 18.3 Å². The quantitative estimate of drug-likeness (QED) is 0.277. The third-order valence-corrected chi connectivity index (χ3v) is 14.2. The molecule has 1 heterocycles. The van der Waals surface area contributed by atoms with E-state index in [4.69, 9.17) is 9.47 Å². The Hall–Kier alpha value is -0.540. The summed E-state index contributed by atoms with van der Waals surface area (Å²) in [6.45, 7) is 18.1. The molecule has 1 saturated heterocycles. The standard InChI is InChI=1S/C35H60O7/c1-20(2)10-9-14-35(8,42-30-29(40)28(39)23(37)19-41-30)21-11-16-34(7)27(21)22(36)18-25-32(5)15-13-26(38)31(3,4)24(32)12-17-33(25,34)6/h10,21-30,36-40H,9,11-19H2,1-8H3/t21?,22-,23+,24?,25?,26+,27?,28+,29?,30+,32+,33-,34-,35+/m1/s1. The van der Waals surface area contributed by atoms with Crippen LogP contribution in [0.15, 0.2) is 11.6 Å². The average molecular weight is 593 g/mol. The van der Waals surface area contributed by atoms with Crippen molar-refractivity contribution in [1.82, 2.24) is 0 Å². The summed E-state index contributed by atoms with van der Waals surface area (Å²) in [4.78, 5) is 0. The van der Waals surface area contributed by atoms with E-state index in [1.165, 1.54) is 5.57 Å². The number of ether oxygens (including phenoxy) is 2. The second kappa shape index (κ2) is 11.1. The van der Waals surface area contributed by atoms with Crippen molar-refractivity contribution in [3.63, 3.8) is 0 Å². The van der Waals surface area contributed by atoms with E-state index in [9.17, 15) is 25.5 Å². The van der Waals surface area contributed by atoms with Crippen LogP contribution in [0.5, 0.6) is 0 Å². The van der Waals surface area contributed by atoms with E-state index < -0.39 is 36.3 Å². The molecule has 42 heavy (non-hydrogen) atoms. The zero-order chi connectivity index (χ0) is 31.0. The first kappa shape index (κ1) is 32.8. The zero-order valence-electron chi connectivity index (χ0n) is 27.5. The van der Waals surface area contributed by atoms with Crippen LogP contribution in [0, 0.1) is 45.3 Å². The molecule has 5 rings (SSSR count). The van der Waals surface area contributed by atoms with Crippen LogP contribution in [-0.4, -0.2) is 74.6 Å². The van der Waals surface area contributed by atoms with Crippen molar-refractivity contribution >= 4 is 0 Å². The van der Waals surface area contributed by atoms with Crippen molar-refractivity contribution in [2.45, 2.75) is 156 Å². The molecule has 0 radical (unpaired) electrons. The van der Waals surface area contributed by atoms with Gasteiger partial charge in [-0.25, -0.2) is 0 Å². The third kappa shape index (κ3) is 4.87. The Bertz CT molecular complexity index is 1020. The van der Waals surface area contributed by atoms with Crippen molar-refractivity contribution in [1.29, 1.82) is 0 Å². The van der Waals surface area contributed by atoms with Gasteiger partial charge in [0.25, 0.3) is 0 Å². The molecule has 5 unspecified atom stereocenters. The molecule has 0 bridgehead atoms. The molecule has 14 atom stereocenters. The highest BCUT2D eigenvalue weighted by Gasteiger charge is 2.71. The molecule has 4 saturated carbocycles. The van der Waals surface area contributed by atoms with Gasteiger partial charge in [0.15, 0.2) is 6.29 Å². The fourth-order valence-electron chi connectivity index (χ4n) is 11.6. The summed E-state index contributed by atoms with van der Waals surface area (Å²) in [5, 5.41) is 54.5. The molecule has 5 N–H and O–H groups in total. The van der Waals surface area contributed by atoms with E-state index in [2.05, 4.69) is 61.5 Å². The SMILES string of the molecule is CC(C)=CCC[C@](C)(O[C@@H]1OC[C@H](O)[C@H](O)C1O)C1CC[C@]2(C)C1[C@H](O)CC1[C@@]3(C)CC[C@H](O)C(C)(C)C3CC[C@]12C. The molecule has 0 aromatic heterocycles. The van der Waals surface area contributed by atoms with Gasteiger partial charge in [-0.05, 0) is 124 Å². The Morgan fingerprint density at radius 3 is 2.19 bits per heavy atom. The molecule has 5 aliphatic rings. The number of aliphatic hydroxyl groups is 5. The Morgan fingerprint density at radius 2 is 1.52 bits per heavy atom. The van der Waals surface area contributed by atoms with Gasteiger partial charge in [-0.1, -0.05) is 46.3 Å². The maximum Gasteiger partial charge on any atom is 0.186 e. The van der Waals surface area contributed by atoms with Gasteiger partial charge in [-0.3, -0.25) is 0 Å². The summed E-state index contributed by atoms with van der Waals surface area (Å²) >= 11 is 0. The van der Waals surface area contributed by atoms with Gasteiger partial charge in [0.05, 0.1) is 24.4 Å². The molecular formula is C35H60O7. The van der Waals surface area contributed by atoms with Crippen LogP contribution in [0.3, 0.4) is 0 Å². The first-order valence-corrected chi connectivity index (χ1v) is 16.8. The maximum atomic E-state index is 12.2. The lowest BCUT2D eigenvalue weighted by atomic mass is 9.35. The van der Waals surface area contributed by atoms with Gasteiger partial charge < -0.3 is 35.0 Å². The summed E-state index contributed by atoms with van der Waals surface area (Å²) in [6, 6.07) is 0. The number of aliphatic hydroxyl groups excluding tert-OH is 5. The van der Waals surface area contributed by atoms with Gasteiger partial charge in [0.2, 0.25) is 0 Å². The molecule has 0 amide bonds. The second-order valence-electron chi connectivity index (χ2n) is 16.8. The first-order chi connectivity index (χ1) is 19.4. The Morgan fingerprint density at radius 1 is 0.857 bits per heavy atom. The van der Waals surface area contributed by atoms with Crippen molar-refractivity contribution in [2.24, 2.45) is 45.3 Å². The van der Waals surface area contributed by atoms with Crippen LogP contribution in [-0.2, 0) is 9.47 Å². The Balaban J connectivity index is 1.48. The molecule has 242 valence electrons. The highest BCUT2D eigenvalue weighted by molar-refractivity contribution is 5.20. The summed E-state index contributed by atoms with van der Waals surface area (Å²) in [5.74, 6) is 0.897. The van der Waals surface area contributed by atoms with Crippen LogP contribution < -0.4 is 0 Å². The maximum absolute atomic E-state index is 12.2. The average Bonchev–Trinajstić information content (AvgIpc) is 3.29. The summed E-state index contributed by atoms with van der Waals surface area (Å²) in [6.07, 6.45) is 4.86. The summed E-state index contributed by atoms with van der Waals surface area (Å²) < 4.78 is 12.5. The summed E-state index contributed by atoms with van der Waals surface area (Å²) in [5.41, 5.74) is 0.437. The highest BCUT2D eigenvalue weighted by Crippen LogP contribution is 2.76. The molecule has 7 nitrogen and oxygen atoms in total. The van der Waals surface area contributed by atoms with Crippen LogP contribution in [0.4, 0.5) is 0 Å². The molecule has 5 fully saturated rings. The molecule has 0 aromatic carbocycles. The van der Waals surface area contributed by atoms with E-state index >= 15 is 0 Å². The van der Waals surface area contributed by atoms with E-state index in [-0.39, 0.29) is 46.2 Å². The van der Waals surface area contributed by atoms with Crippen molar-refractivity contribution in [3.8, 4) is 0 Å². The summed E-state index contributed by atoms with van der Waals surface area (Å²) in [7, 11) is 0. The third-order valence-electron chi connectivity index (χ3n) is 14.2. The fourth-order valence-corrected chi connectivity index (χ4v) is 11.6. The van der Waals surface area contributed by atoms with Gasteiger partial charge >= 0.3 is 0 Å². The lowest BCUT2D eigenvalue weighted by molar-refractivity contribution is -0.314. The van der Waals surface area contributed by atoms with Gasteiger partial charge in [-0.2, -0.15) is 0 Å². The smallest absolute Gasteiger partial charge is 0.186 e. The number of hydrogen-bond donors (Lipinski definition) is 5. The fraction of sp³-hybridized carbons (Fsp3) is 0.943. The Labute approximate surface area is 254 Å². The van der Waals surface area contributed by atoms with Crippen LogP contribution >= 0.6 is 0 Å². The van der Waals surface area contributed by atoms with E-state index in [1.807, 2.05) is 0 Å². The van der Waals surface area contributed by atoms with Crippen LogP contribution in [0.25, 0.3) is 0 Å². The van der Waals surface area contributed by atoms with Crippen molar-refractivity contribution < 1.29 is 35.0 Å². The van der Waals surface area contributed by atoms with Gasteiger partial charge in [-0.15, -0.1) is 0 Å². The molecule has 0 spiro atoms. The van der Waals surface area contributed by atoms with E-state index in [1.54, 1.807) is 0 Å². The monoisotopic (exact) mass is 592 g/mol. The van der Waals surface area contributed by atoms with Crippen LogP contribution in [0.2, 0.25) is 0 Å². The van der Waals surface area contributed by atoms with E-state index in [0.29, 0.717) is 18.3 Å². The minimum absolute atomic E-state index is 0.0361. The molecule has 1 aliphatic heterocycles. The van der Waals surface area contributed by atoms with Crippen LogP contribution in [0.1, 0.15) is 113 Å². The number of hydrogen-bond acceptors (Lipinski definition) is 7. The predicted molar refractivity (Wildman–Crippen MR) is 162 cm³/mol. The number of allylic oxidation sites excluding steroid dienone is 2. The van der Waals surface area contributed by atoms with E-state index in [0.717, 1.165) is 51.4 Å². The van der Waals surface area contributed by atoms with Gasteiger partial charge in [0, 0.05) is 0 Å². The lowest BCUT2D eigenvalue weighted by Crippen LogP contribution is -2.66. The van der Waals surface area contributed by atoms with Crippen molar-refractivity contribution in [2.75, 3.05) is 6.61 Å². The zero-order valence-corrected chi connectivity index (χ0v) is 27.5.